The number of nitrogens with zero attached hydrogens (tertiary/aromatic N) is 1. The minimum absolute atomic E-state index is 0.449. The lowest BCUT2D eigenvalue weighted by atomic mass is 9.74. The van der Waals surface area contributed by atoms with Gasteiger partial charge in [-0.1, -0.05) is 13.8 Å². The SMILES string of the molecule is CC1CC(C)CC(C(CN(C)C)NN)C1. The summed E-state index contributed by atoms with van der Waals surface area (Å²) < 4.78 is 0. The summed E-state index contributed by atoms with van der Waals surface area (Å²) >= 11 is 0. The Morgan fingerprint density at radius 3 is 2.13 bits per heavy atom. The van der Waals surface area contributed by atoms with Crippen molar-refractivity contribution in [1.29, 1.82) is 0 Å². The Bertz CT molecular complexity index is 172. The molecular weight excluding hydrogens is 186 g/mol. The largest absolute Gasteiger partial charge is 0.308 e. The molecule has 0 radical (unpaired) electrons. The number of nitrogens with two attached hydrogens (primary N) is 1. The summed E-state index contributed by atoms with van der Waals surface area (Å²) in [7, 11) is 4.22. The van der Waals surface area contributed by atoms with E-state index in [1.165, 1.54) is 19.3 Å². The predicted molar refractivity (Wildman–Crippen MR) is 65.3 cm³/mol. The first-order valence-corrected chi connectivity index (χ1v) is 6.13. The molecule has 90 valence electrons. The summed E-state index contributed by atoms with van der Waals surface area (Å²) in [5.41, 5.74) is 3.00. The van der Waals surface area contributed by atoms with Crippen molar-refractivity contribution in [2.75, 3.05) is 20.6 Å². The highest BCUT2D eigenvalue weighted by Crippen LogP contribution is 2.34. The van der Waals surface area contributed by atoms with E-state index in [0.717, 1.165) is 24.3 Å². The van der Waals surface area contributed by atoms with Gasteiger partial charge >= 0.3 is 0 Å². The molecule has 0 bridgehead atoms. The number of hydrogen-bond donors (Lipinski definition) is 2. The predicted octanol–water partition coefficient (Wildman–Crippen LogP) is 1.45. The molecule has 1 saturated carbocycles. The molecule has 0 saturated heterocycles. The van der Waals surface area contributed by atoms with Gasteiger partial charge in [-0.15, -0.1) is 0 Å². The van der Waals surface area contributed by atoms with Gasteiger partial charge in [0.15, 0.2) is 0 Å². The molecule has 0 aliphatic heterocycles. The fourth-order valence-electron chi connectivity index (χ4n) is 3.07. The van der Waals surface area contributed by atoms with E-state index in [0.29, 0.717) is 6.04 Å². The van der Waals surface area contributed by atoms with Crippen molar-refractivity contribution >= 4 is 0 Å². The van der Waals surface area contributed by atoms with Gasteiger partial charge in [-0.2, -0.15) is 0 Å². The van der Waals surface area contributed by atoms with Gasteiger partial charge in [-0.3, -0.25) is 11.3 Å². The van der Waals surface area contributed by atoms with Crippen LogP contribution in [0.5, 0.6) is 0 Å². The molecule has 1 aliphatic carbocycles. The quantitative estimate of drug-likeness (QED) is 0.548. The van der Waals surface area contributed by atoms with Gasteiger partial charge in [-0.25, -0.2) is 0 Å². The zero-order valence-electron chi connectivity index (χ0n) is 10.7. The molecule has 1 aliphatic rings. The lowest BCUT2D eigenvalue weighted by Crippen LogP contribution is -2.48. The van der Waals surface area contributed by atoms with Crippen LogP contribution in [0.15, 0.2) is 0 Å². The van der Waals surface area contributed by atoms with Gasteiger partial charge in [0.05, 0.1) is 0 Å². The van der Waals surface area contributed by atoms with Crippen LogP contribution in [0, 0.1) is 17.8 Å². The highest BCUT2D eigenvalue weighted by Gasteiger charge is 2.29. The van der Waals surface area contributed by atoms with E-state index >= 15 is 0 Å². The molecule has 0 aromatic carbocycles. The summed E-state index contributed by atoms with van der Waals surface area (Å²) in [5, 5.41) is 0. The molecule has 0 spiro atoms. The van der Waals surface area contributed by atoms with Crippen LogP contribution in [0.1, 0.15) is 33.1 Å². The van der Waals surface area contributed by atoms with Crippen molar-refractivity contribution < 1.29 is 0 Å². The van der Waals surface area contributed by atoms with Crippen LogP contribution in [0.25, 0.3) is 0 Å². The fraction of sp³-hybridized carbons (Fsp3) is 1.00. The average molecular weight is 213 g/mol. The molecule has 0 heterocycles. The number of rotatable bonds is 4. The Morgan fingerprint density at radius 1 is 1.20 bits per heavy atom. The van der Waals surface area contributed by atoms with Crippen molar-refractivity contribution in [1.82, 2.24) is 10.3 Å². The van der Waals surface area contributed by atoms with E-state index in [1.807, 2.05) is 0 Å². The Morgan fingerprint density at radius 2 is 1.73 bits per heavy atom. The van der Waals surface area contributed by atoms with Gasteiger partial charge in [0, 0.05) is 12.6 Å². The molecule has 3 nitrogen and oxygen atoms in total. The third-order valence-corrected chi connectivity index (χ3v) is 3.56. The maximum atomic E-state index is 5.67. The van der Waals surface area contributed by atoms with Crippen LogP contribution in [-0.2, 0) is 0 Å². The van der Waals surface area contributed by atoms with Crippen LogP contribution in [0.2, 0.25) is 0 Å². The lowest BCUT2D eigenvalue weighted by molar-refractivity contribution is 0.157. The van der Waals surface area contributed by atoms with Gasteiger partial charge in [-0.05, 0) is 51.1 Å². The van der Waals surface area contributed by atoms with Crippen molar-refractivity contribution in [3.63, 3.8) is 0 Å². The standard InChI is InChI=1S/C12H27N3/c1-9-5-10(2)7-11(6-9)12(14-13)8-15(3)4/h9-12,14H,5-8,13H2,1-4H3. The molecule has 3 heteroatoms. The highest BCUT2D eigenvalue weighted by atomic mass is 15.3. The van der Waals surface area contributed by atoms with Crippen molar-refractivity contribution in [3.8, 4) is 0 Å². The zero-order chi connectivity index (χ0) is 11.4. The minimum atomic E-state index is 0.449. The average Bonchev–Trinajstić information content (AvgIpc) is 2.12. The fourth-order valence-corrected chi connectivity index (χ4v) is 3.07. The van der Waals surface area contributed by atoms with Gasteiger partial charge in [0.1, 0.15) is 0 Å². The van der Waals surface area contributed by atoms with Crippen molar-refractivity contribution in [3.05, 3.63) is 0 Å². The zero-order valence-corrected chi connectivity index (χ0v) is 10.7. The normalized spacial score (nSPS) is 34.4. The molecule has 3 atom stereocenters. The van der Waals surface area contributed by atoms with E-state index in [9.17, 15) is 0 Å². The third kappa shape index (κ3) is 4.09. The molecule has 0 aromatic heterocycles. The van der Waals surface area contributed by atoms with E-state index < -0.39 is 0 Å². The second kappa shape index (κ2) is 5.83. The summed E-state index contributed by atoms with van der Waals surface area (Å²) in [5.74, 6) is 8.13. The Balaban J connectivity index is 2.51. The minimum Gasteiger partial charge on any atom is -0.308 e. The molecule has 1 fully saturated rings. The molecule has 1 rings (SSSR count). The maximum Gasteiger partial charge on any atom is 0.0365 e. The second-order valence-electron chi connectivity index (χ2n) is 5.71. The van der Waals surface area contributed by atoms with Crippen LogP contribution >= 0.6 is 0 Å². The monoisotopic (exact) mass is 213 g/mol. The first-order valence-electron chi connectivity index (χ1n) is 6.13. The second-order valence-corrected chi connectivity index (χ2v) is 5.71. The van der Waals surface area contributed by atoms with Crippen LogP contribution < -0.4 is 11.3 Å². The summed E-state index contributed by atoms with van der Waals surface area (Å²) in [6.45, 7) is 5.78. The number of likely N-dealkylation sites (N-methyl/N-ethyl adjacent to an activating group) is 1. The molecule has 3 unspecified atom stereocenters. The van der Waals surface area contributed by atoms with Crippen LogP contribution in [0.3, 0.4) is 0 Å². The van der Waals surface area contributed by atoms with Gasteiger partial charge in [0.25, 0.3) is 0 Å². The smallest absolute Gasteiger partial charge is 0.0365 e. The number of hydrazine groups is 1. The first-order chi connectivity index (χ1) is 7.02. The Hall–Kier alpha value is -0.120. The molecule has 15 heavy (non-hydrogen) atoms. The maximum absolute atomic E-state index is 5.67. The number of hydrogen-bond acceptors (Lipinski definition) is 3. The van der Waals surface area contributed by atoms with Crippen molar-refractivity contribution in [2.45, 2.75) is 39.2 Å². The van der Waals surface area contributed by atoms with E-state index in [2.05, 4.69) is 38.3 Å². The summed E-state index contributed by atoms with van der Waals surface area (Å²) in [6.07, 6.45) is 4.04. The highest BCUT2D eigenvalue weighted by molar-refractivity contribution is 4.83. The van der Waals surface area contributed by atoms with Gasteiger partial charge < -0.3 is 4.90 Å². The lowest BCUT2D eigenvalue weighted by Gasteiger charge is -2.37. The Labute approximate surface area is 94.4 Å². The van der Waals surface area contributed by atoms with Crippen LogP contribution in [0.4, 0.5) is 0 Å². The summed E-state index contributed by atoms with van der Waals surface area (Å²) in [4.78, 5) is 2.22. The van der Waals surface area contributed by atoms with E-state index in [-0.39, 0.29) is 0 Å². The topological polar surface area (TPSA) is 41.3 Å². The molecule has 3 N–H and O–H groups in total. The molecule has 0 amide bonds. The number of nitrogens with one attached hydrogen (secondary N) is 1. The molecular formula is C12H27N3. The summed E-state index contributed by atoms with van der Waals surface area (Å²) in [6, 6.07) is 0.449. The molecule has 0 aromatic rings. The van der Waals surface area contributed by atoms with Gasteiger partial charge in [0.2, 0.25) is 0 Å². The van der Waals surface area contributed by atoms with E-state index in [4.69, 9.17) is 5.84 Å². The van der Waals surface area contributed by atoms with Crippen molar-refractivity contribution in [2.24, 2.45) is 23.6 Å². The van der Waals surface area contributed by atoms with Crippen LogP contribution in [-0.4, -0.2) is 31.6 Å². The van der Waals surface area contributed by atoms with E-state index in [1.54, 1.807) is 0 Å². The Kier molecular flexibility index (Phi) is 5.03. The first kappa shape index (κ1) is 12.9. The third-order valence-electron chi connectivity index (χ3n) is 3.56.